The van der Waals surface area contributed by atoms with Gasteiger partial charge in [-0.1, -0.05) is 24.3 Å². The van der Waals surface area contributed by atoms with Gasteiger partial charge in [0.15, 0.2) is 0 Å². The first kappa shape index (κ1) is 19.0. The topological polar surface area (TPSA) is 37.8 Å². The number of benzene rings is 1. The summed E-state index contributed by atoms with van der Waals surface area (Å²) in [6.07, 6.45) is 2.03. The van der Waals surface area contributed by atoms with Crippen molar-refractivity contribution in [1.82, 2.24) is 15.3 Å². The van der Waals surface area contributed by atoms with Crippen molar-refractivity contribution in [2.24, 2.45) is 0 Å². The second kappa shape index (κ2) is 7.84. The summed E-state index contributed by atoms with van der Waals surface area (Å²) in [7, 11) is 0. The van der Waals surface area contributed by atoms with Crippen molar-refractivity contribution in [2.45, 2.75) is 11.6 Å². The van der Waals surface area contributed by atoms with Gasteiger partial charge in [-0.25, -0.2) is 4.39 Å². The van der Waals surface area contributed by atoms with E-state index in [9.17, 15) is 17.6 Å². The van der Waals surface area contributed by atoms with Crippen LogP contribution in [0.5, 0.6) is 0 Å². The molecule has 0 aliphatic rings. The molecule has 0 spiro atoms. The van der Waals surface area contributed by atoms with Crippen LogP contribution < -0.4 is 5.32 Å². The fourth-order valence-corrected chi connectivity index (χ4v) is 3.16. The van der Waals surface area contributed by atoms with Crippen LogP contribution in [0.1, 0.15) is 16.7 Å². The smallest absolute Gasteiger partial charge is 0.307 e. The molecule has 0 bridgehead atoms. The summed E-state index contributed by atoms with van der Waals surface area (Å²) in [5.41, 5.74) is 0.986. The monoisotopic (exact) mass is 375 g/mol. The molecular weight excluding hydrogens is 358 g/mol. The number of hydrogen-bond acceptors (Lipinski definition) is 3. The van der Waals surface area contributed by atoms with Gasteiger partial charge in [0.1, 0.15) is 5.82 Å². The average molecular weight is 375 g/mol. The standard InChI is InChI=1S/C20H17F4N3/c21-18-7-5-15(6-8-18)19(13-27-14-20(22,23)24,16-3-1-9-25-11-16)17-4-2-10-26-12-17/h1-12,27H,13-14H2. The fraction of sp³-hybridized carbons (Fsp3) is 0.200. The van der Waals surface area contributed by atoms with Crippen molar-refractivity contribution in [3.8, 4) is 0 Å². The second-order valence-electron chi connectivity index (χ2n) is 6.11. The first-order valence-electron chi connectivity index (χ1n) is 8.26. The number of hydrogen-bond donors (Lipinski definition) is 1. The van der Waals surface area contributed by atoms with Gasteiger partial charge in [-0.2, -0.15) is 13.2 Å². The van der Waals surface area contributed by atoms with E-state index in [4.69, 9.17) is 0 Å². The fourth-order valence-electron chi connectivity index (χ4n) is 3.16. The highest BCUT2D eigenvalue weighted by molar-refractivity contribution is 5.49. The third-order valence-corrected chi connectivity index (χ3v) is 4.36. The molecule has 1 N–H and O–H groups in total. The highest BCUT2D eigenvalue weighted by Crippen LogP contribution is 2.38. The molecule has 0 saturated carbocycles. The quantitative estimate of drug-likeness (QED) is 0.659. The van der Waals surface area contributed by atoms with E-state index in [1.807, 2.05) is 0 Å². The molecule has 2 heterocycles. The van der Waals surface area contributed by atoms with Crippen LogP contribution >= 0.6 is 0 Å². The lowest BCUT2D eigenvalue weighted by Gasteiger charge is -2.35. The minimum absolute atomic E-state index is 0.0600. The summed E-state index contributed by atoms with van der Waals surface area (Å²) >= 11 is 0. The largest absolute Gasteiger partial charge is 0.401 e. The van der Waals surface area contributed by atoms with Crippen molar-refractivity contribution in [3.63, 3.8) is 0 Å². The Balaban J connectivity index is 2.16. The maximum atomic E-state index is 13.5. The Morgan fingerprint density at radius 3 is 1.74 bits per heavy atom. The molecule has 140 valence electrons. The molecule has 0 fully saturated rings. The summed E-state index contributed by atoms with van der Waals surface area (Å²) in [6, 6.07) is 12.7. The van der Waals surface area contributed by atoms with E-state index >= 15 is 0 Å². The average Bonchev–Trinajstić information content (AvgIpc) is 2.67. The molecule has 3 rings (SSSR count). The molecule has 0 aliphatic carbocycles. The second-order valence-corrected chi connectivity index (χ2v) is 6.11. The normalized spacial score (nSPS) is 12.1. The summed E-state index contributed by atoms with van der Waals surface area (Å²) < 4.78 is 51.8. The molecule has 3 aromatic rings. The van der Waals surface area contributed by atoms with Crippen molar-refractivity contribution < 1.29 is 17.6 Å². The van der Waals surface area contributed by atoms with E-state index in [0.29, 0.717) is 16.7 Å². The number of pyridine rings is 2. The minimum Gasteiger partial charge on any atom is -0.307 e. The number of nitrogens with one attached hydrogen (secondary N) is 1. The molecule has 27 heavy (non-hydrogen) atoms. The van der Waals surface area contributed by atoms with E-state index in [1.54, 1.807) is 61.2 Å². The van der Waals surface area contributed by atoms with Gasteiger partial charge >= 0.3 is 6.18 Å². The predicted molar refractivity (Wildman–Crippen MR) is 93.7 cm³/mol. The van der Waals surface area contributed by atoms with E-state index in [2.05, 4.69) is 15.3 Å². The highest BCUT2D eigenvalue weighted by atomic mass is 19.4. The summed E-state index contributed by atoms with van der Waals surface area (Å²) in [6.45, 7) is -1.20. The molecule has 3 nitrogen and oxygen atoms in total. The molecular formula is C20H17F4N3. The number of alkyl halides is 3. The molecule has 1 aromatic carbocycles. The highest BCUT2D eigenvalue weighted by Gasteiger charge is 2.38. The van der Waals surface area contributed by atoms with Crippen LogP contribution in [0.15, 0.2) is 73.3 Å². The van der Waals surface area contributed by atoms with Gasteiger partial charge in [0.05, 0.1) is 12.0 Å². The number of halogens is 4. The molecule has 0 amide bonds. The molecule has 2 aromatic heterocycles. The third-order valence-electron chi connectivity index (χ3n) is 4.36. The number of nitrogens with zero attached hydrogens (tertiary/aromatic N) is 2. The Morgan fingerprint density at radius 1 is 0.741 bits per heavy atom. The Labute approximate surface area is 154 Å². The van der Waals surface area contributed by atoms with Crippen LogP contribution in [0.2, 0.25) is 0 Å². The molecule has 0 aliphatic heterocycles. The van der Waals surface area contributed by atoms with Gasteiger partial charge in [-0.3, -0.25) is 9.97 Å². The van der Waals surface area contributed by atoms with Crippen molar-refractivity contribution in [1.29, 1.82) is 0 Å². The van der Waals surface area contributed by atoms with Gasteiger partial charge in [0.2, 0.25) is 0 Å². The van der Waals surface area contributed by atoms with Crippen molar-refractivity contribution in [3.05, 3.63) is 95.8 Å². The predicted octanol–water partition coefficient (Wildman–Crippen LogP) is 4.10. The SMILES string of the molecule is Fc1ccc(C(CNCC(F)(F)F)(c2cccnc2)c2cccnc2)cc1. The Morgan fingerprint density at radius 2 is 1.30 bits per heavy atom. The zero-order chi connectivity index (χ0) is 19.3. The first-order chi connectivity index (χ1) is 12.9. The molecule has 7 heteroatoms. The molecule has 0 saturated heterocycles. The Kier molecular flexibility index (Phi) is 5.51. The van der Waals surface area contributed by atoms with Crippen LogP contribution in [0, 0.1) is 5.82 Å². The molecule has 0 radical (unpaired) electrons. The van der Waals surface area contributed by atoms with Gasteiger partial charge in [-0.15, -0.1) is 0 Å². The zero-order valence-corrected chi connectivity index (χ0v) is 14.2. The van der Waals surface area contributed by atoms with Crippen LogP contribution in [0.25, 0.3) is 0 Å². The van der Waals surface area contributed by atoms with Gasteiger partial charge in [-0.05, 0) is 41.0 Å². The lowest BCUT2D eigenvalue weighted by Crippen LogP contribution is -2.43. The number of rotatable bonds is 6. The van der Waals surface area contributed by atoms with Crippen LogP contribution in [-0.2, 0) is 5.41 Å². The first-order valence-corrected chi connectivity index (χ1v) is 8.26. The van der Waals surface area contributed by atoms with E-state index < -0.39 is 24.0 Å². The van der Waals surface area contributed by atoms with Gasteiger partial charge < -0.3 is 5.32 Å². The van der Waals surface area contributed by atoms with Crippen molar-refractivity contribution in [2.75, 3.05) is 13.1 Å². The summed E-state index contributed by atoms with van der Waals surface area (Å²) in [5.74, 6) is -0.423. The zero-order valence-electron chi connectivity index (χ0n) is 14.2. The van der Waals surface area contributed by atoms with Gasteiger partial charge in [0, 0.05) is 31.3 Å². The number of aromatic nitrogens is 2. The third kappa shape index (κ3) is 4.31. The lowest BCUT2D eigenvalue weighted by molar-refractivity contribution is -0.125. The maximum absolute atomic E-state index is 13.5. The lowest BCUT2D eigenvalue weighted by atomic mass is 9.70. The minimum atomic E-state index is -4.35. The molecule has 0 unspecified atom stereocenters. The Hall–Kier alpha value is -2.80. The van der Waals surface area contributed by atoms with Crippen LogP contribution in [0.4, 0.5) is 17.6 Å². The van der Waals surface area contributed by atoms with E-state index in [1.165, 1.54) is 12.1 Å². The van der Waals surface area contributed by atoms with E-state index in [0.717, 1.165) is 0 Å². The van der Waals surface area contributed by atoms with Gasteiger partial charge in [0.25, 0.3) is 0 Å². The van der Waals surface area contributed by atoms with Crippen molar-refractivity contribution >= 4 is 0 Å². The summed E-state index contributed by atoms with van der Waals surface area (Å²) in [4.78, 5) is 8.26. The van der Waals surface area contributed by atoms with E-state index in [-0.39, 0.29) is 6.54 Å². The summed E-state index contributed by atoms with van der Waals surface area (Å²) in [5, 5.41) is 2.50. The maximum Gasteiger partial charge on any atom is 0.401 e. The Bertz CT molecular complexity index is 810. The van der Waals surface area contributed by atoms with Crippen LogP contribution in [-0.4, -0.2) is 29.2 Å². The van der Waals surface area contributed by atoms with Crippen LogP contribution in [0.3, 0.4) is 0 Å². The molecule has 0 atom stereocenters.